The van der Waals surface area contributed by atoms with Crippen molar-refractivity contribution in [3.8, 4) is 67.5 Å². The number of nitrogens with one attached hydrogen (secondary N) is 1. The van der Waals surface area contributed by atoms with Crippen molar-refractivity contribution in [3.63, 3.8) is 0 Å². The molecule has 1 heterocycles. The Morgan fingerprint density at radius 2 is 0.927 bits per heavy atom. The summed E-state index contributed by atoms with van der Waals surface area (Å²) in [5, 5.41) is 17.8. The summed E-state index contributed by atoms with van der Waals surface area (Å²) in [6.45, 7) is 0. The lowest BCUT2D eigenvalue weighted by atomic mass is 9.91. The summed E-state index contributed by atoms with van der Waals surface area (Å²) in [5.74, 6) is 0.850. The quantitative estimate of drug-likeness (QED) is 0.175. The topological polar surface area (TPSA) is 45.0 Å². The average Bonchev–Trinajstić information content (AvgIpc) is 3.71. The van der Waals surface area contributed by atoms with Gasteiger partial charge in [0.15, 0.2) is 6.23 Å². The molecule has 0 bridgehead atoms. The molecule has 0 amide bonds. The van der Waals surface area contributed by atoms with E-state index in [1.807, 2.05) is 24.3 Å². The third kappa shape index (κ3) is 5.97. The van der Waals surface area contributed by atoms with Crippen molar-refractivity contribution in [2.45, 2.75) is 6.23 Å². The number of fused-ring (bicyclic) bond motifs is 4. The van der Waals surface area contributed by atoms with Crippen LogP contribution in [-0.4, -0.2) is 0 Å². The maximum absolute atomic E-state index is 9.11. The van der Waals surface area contributed by atoms with E-state index >= 15 is 0 Å². The van der Waals surface area contributed by atoms with Gasteiger partial charge in [0, 0.05) is 11.1 Å². The van der Waals surface area contributed by atoms with Gasteiger partial charge in [0.05, 0.1) is 17.3 Å². The van der Waals surface area contributed by atoms with Crippen LogP contribution in [0.3, 0.4) is 0 Å². The molecule has 0 aliphatic carbocycles. The molecule has 3 heteroatoms. The maximum atomic E-state index is 9.11. The molecule has 0 saturated carbocycles. The Balaban J connectivity index is 0.925. The maximum Gasteiger partial charge on any atom is 0.196 e. The number of benzene rings is 9. The fourth-order valence-electron chi connectivity index (χ4n) is 7.89. The summed E-state index contributed by atoms with van der Waals surface area (Å²) < 4.78 is 6.75. The highest BCUT2D eigenvalue weighted by Gasteiger charge is 2.28. The molecule has 1 N–H and O–H groups in total. The van der Waals surface area contributed by atoms with Gasteiger partial charge in [-0.2, -0.15) is 5.26 Å². The minimum Gasteiger partial charge on any atom is -0.464 e. The summed E-state index contributed by atoms with van der Waals surface area (Å²) >= 11 is 0. The second-order valence-electron chi connectivity index (χ2n) is 14.1. The van der Waals surface area contributed by atoms with Crippen molar-refractivity contribution in [1.29, 1.82) is 5.26 Å². The van der Waals surface area contributed by atoms with E-state index in [9.17, 15) is 0 Å². The lowest BCUT2D eigenvalue weighted by Crippen LogP contribution is -2.10. The second kappa shape index (κ2) is 13.5. The Labute approximate surface area is 320 Å². The number of ether oxygens (including phenoxy) is 1. The minimum absolute atomic E-state index is 0.315. The van der Waals surface area contributed by atoms with Gasteiger partial charge in [0.1, 0.15) is 5.75 Å². The summed E-state index contributed by atoms with van der Waals surface area (Å²) in [6.07, 6.45) is -0.315. The highest BCUT2D eigenvalue weighted by atomic mass is 16.5. The van der Waals surface area contributed by atoms with Gasteiger partial charge in [-0.05, 0) is 102 Å². The molecule has 0 spiro atoms. The first kappa shape index (κ1) is 32.3. The molecule has 0 saturated heterocycles. The third-order valence-electron chi connectivity index (χ3n) is 10.8. The van der Waals surface area contributed by atoms with Crippen LogP contribution in [0.15, 0.2) is 194 Å². The normalized spacial score (nSPS) is 13.2. The van der Waals surface area contributed by atoms with Crippen LogP contribution in [0.25, 0.3) is 77.2 Å². The minimum atomic E-state index is -0.315. The molecule has 10 rings (SSSR count). The van der Waals surface area contributed by atoms with Gasteiger partial charge in [-0.25, -0.2) is 0 Å². The van der Waals surface area contributed by atoms with E-state index in [-0.39, 0.29) is 6.23 Å². The number of hydrogen-bond acceptors (Lipinski definition) is 3. The van der Waals surface area contributed by atoms with Gasteiger partial charge in [0.25, 0.3) is 0 Å². The lowest BCUT2D eigenvalue weighted by Gasteiger charge is -2.14. The first-order valence-electron chi connectivity index (χ1n) is 18.6. The standard InChI is InChI=1S/C52H34N2O/c53-33-34-14-16-35(17-15-34)36-18-20-37(21-19-36)38-22-24-39(25-23-38)40-26-28-42(29-27-40)52-54-51-49(41-8-2-1-3-9-41)31-44(32-50(51)55-52)48-30-43-10-4-5-11-45(43)46-12-6-7-13-47(46)48/h1-32,52,54H. The molecular formula is C52H34N2O. The largest absolute Gasteiger partial charge is 0.464 e. The third-order valence-corrected chi connectivity index (χ3v) is 10.8. The molecule has 9 aromatic rings. The summed E-state index contributed by atoms with van der Waals surface area (Å²) in [7, 11) is 0. The van der Waals surface area contributed by atoms with Crippen LogP contribution in [0, 0.1) is 11.3 Å². The Morgan fingerprint density at radius 3 is 1.53 bits per heavy atom. The van der Waals surface area contributed by atoms with Crippen molar-refractivity contribution < 1.29 is 4.74 Å². The van der Waals surface area contributed by atoms with Crippen molar-refractivity contribution in [1.82, 2.24) is 0 Å². The zero-order valence-electron chi connectivity index (χ0n) is 29.9. The molecule has 0 radical (unpaired) electrons. The molecule has 55 heavy (non-hydrogen) atoms. The first-order valence-corrected chi connectivity index (χ1v) is 18.6. The lowest BCUT2D eigenvalue weighted by molar-refractivity contribution is 0.260. The van der Waals surface area contributed by atoms with Gasteiger partial charge in [-0.1, -0.05) is 164 Å². The smallest absolute Gasteiger partial charge is 0.196 e. The molecule has 0 fully saturated rings. The van der Waals surface area contributed by atoms with E-state index in [1.165, 1.54) is 32.7 Å². The van der Waals surface area contributed by atoms with Crippen molar-refractivity contribution in [2.24, 2.45) is 0 Å². The number of nitriles is 1. The number of hydrogen-bond donors (Lipinski definition) is 1. The van der Waals surface area contributed by atoms with E-state index in [4.69, 9.17) is 10.00 Å². The molecular weight excluding hydrogens is 669 g/mol. The molecule has 3 nitrogen and oxygen atoms in total. The highest BCUT2D eigenvalue weighted by Crippen LogP contribution is 2.48. The Kier molecular flexibility index (Phi) is 7.94. The van der Waals surface area contributed by atoms with Gasteiger partial charge >= 0.3 is 0 Å². The average molecular weight is 703 g/mol. The van der Waals surface area contributed by atoms with Crippen molar-refractivity contribution >= 4 is 27.2 Å². The van der Waals surface area contributed by atoms with Crippen LogP contribution in [0.2, 0.25) is 0 Å². The highest BCUT2D eigenvalue weighted by molar-refractivity contribution is 6.14. The van der Waals surface area contributed by atoms with E-state index in [0.717, 1.165) is 61.5 Å². The van der Waals surface area contributed by atoms with Crippen LogP contribution in [0.1, 0.15) is 17.4 Å². The van der Waals surface area contributed by atoms with Gasteiger partial charge < -0.3 is 10.1 Å². The second-order valence-corrected chi connectivity index (χ2v) is 14.1. The van der Waals surface area contributed by atoms with Crippen molar-refractivity contribution in [3.05, 3.63) is 205 Å². The van der Waals surface area contributed by atoms with Crippen LogP contribution in [-0.2, 0) is 0 Å². The molecule has 1 unspecified atom stereocenters. The van der Waals surface area contributed by atoms with Crippen LogP contribution in [0.4, 0.5) is 5.69 Å². The molecule has 1 atom stereocenters. The van der Waals surface area contributed by atoms with E-state index in [0.29, 0.717) is 5.56 Å². The number of anilines is 1. The van der Waals surface area contributed by atoms with Gasteiger partial charge in [-0.15, -0.1) is 0 Å². The zero-order valence-corrected chi connectivity index (χ0v) is 29.9. The molecule has 258 valence electrons. The molecule has 0 aromatic heterocycles. The number of nitrogens with zero attached hydrogens (tertiary/aromatic N) is 1. The summed E-state index contributed by atoms with van der Waals surface area (Å²) in [6, 6.07) is 70.6. The Morgan fingerprint density at radius 1 is 0.418 bits per heavy atom. The Bertz CT molecular complexity index is 2890. The predicted molar refractivity (Wildman–Crippen MR) is 227 cm³/mol. The fraction of sp³-hybridized carbons (Fsp3) is 0.0192. The van der Waals surface area contributed by atoms with Gasteiger partial charge in [-0.3, -0.25) is 0 Å². The summed E-state index contributed by atoms with van der Waals surface area (Å²) in [5.41, 5.74) is 14.2. The summed E-state index contributed by atoms with van der Waals surface area (Å²) in [4.78, 5) is 0. The van der Waals surface area contributed by atoms with E-state index in [2.05, 4.69) is 181 Å². The van der Waals surface area contributed by atoms with Crippen LogP contribution >= 0.6 is 0 Å². The Hall–Kier alpha value is -7.41. The zero-order chi connectivity index (χ0) is 36.7. The van der Waals surface area contributed by atoms with Crippen LogP contribution in [0.5, 0.6) is 5.75 Å². The SMILES string of the molecule is N#Cc1ccc(-c2ccc(-c3ccc(-c4ccc(C5Nc6c(cc(-c7cc8ccccc8c8ccccc78)cc6-c6ccccc6)O5)cc4)cc3)cc2)cc1. The van der Waals surface area contributed by atoms with E-state index < -0.39 is 0 Å². The molecule has 1 aliphatic rings. The van der Waals surface area contributed by atoms with Gasteiger partial charge in [0.2, 0.25) is 0 Å². The number of rotatable bonds is 6. The van der Waals surface area contributed by atoms with Crippen molar-refractivity contribution in [2.75, 3.05) is 5.32 Å². The first-order chi connectivity index (χ1) is 27.2. The monoisotopic (exact) mass is 702 g/mol. The van der Waals surface area contributed by atoms with E-state index in [1.54, 1.807) is 0 Å². The predicted octanol–water partition coefficient (Wildman–Crippen LogP) is 13.7. The fourth-order valence-corrected chi connectivity index (χ4v) is 7.89. The van der Waals surface area contributed by atoms with Crippen LogP contribution < -0.4 is 10.1 Å². The molecule has 1 aliphatic heterocycles. The molecule has 9 aromatic carbocycles.